The summed E-state index contributed by atoms with van der Waals surface area (Å²) >= 11 is 6.11. The van der Waals surface area contributed by atoms with Crippen LogP contribution in [0.1, 0.15) is 17.2 Å². The molecule has 1 aromatic rings. The zero-order valence-corrected chi connectivity index (χ0v) is 9.95. The van der Waals surface area contributed by atoms with Gasteiger partial charge in [0.2, 0.25) is 0 Å². The van der Waals surface area contributed by atoms with Crippen LogP contribution >= 0.6 is 11.6 Å². The summed E-state index contributed by atoms with van der Waals surface area (Å²) in [7, 11) is 0. The minimum Gasteiger partial charge on any atom is -0.486 e. The number of ether oxygens (including phenoxy) is 2. The van der Waals surface area contributed by atoms with Crippen molar-refractivity contribution in [1.82, 2.24) is 0 Å². The SMILES string of the molecule is Cc1c(C(N)C(=O)O)cc2c(c1Cl)OCCO2. The van der Waals surface area contributed by atoms with Crippen molar-refractivity contribution in [2.75, 3.05) is 13.2 Å². The number of hydrogen-bond acceptors (Lipinski definition) is 4. The highest BCUT2D eigenvalue weighted by Gasteiger charge is 2.25. The fourth-order valence-corrected chi connectivity index (χ4v) is 1.97. The van der Waals surface area contributed by atoms with Crippen LogP contribution < -0.4 is 15.2 Å². The summed E-state index contributed by atoms with van der Waals surface area (Å²) in [6.45, 7) is 2.54. The number of carbonyl (C=O) groups is 1. The van der Waals surface area contributed by atoms with E-state index in [9.17, 15) is 4.79 Å². The van der Waals surface area contributed by atoms with Crippen molar-refractivity contribution in [2.45, 2.75) is 13.0 Å². The van der Waals surface area contributed by atoms with Gasteiger partial charge in [-0.15, -0.1) is 0 Å². The molecule has 1 aromatic carbocycles. The average molecular weight is 258 g/mol. The summed E-state index contributed by atoms with van der Waals surface area (Å²) < 4.78 is 10.8. The molecule has 2 rings (SSSR count). The van der Waals surface area contributed by atoms with Gasteiger partial charge >= 0.3 is 5.97 Å². The zero-order chi connectivity index (χ0) is 12.6. The molecule has 1 atom stereocenters. The van der Waals surface area contributed by atoms with Gasteiger partial charge in [-0.3, -0.25) is 4.79 Å². The van der Waals surface area contributed by atoms with E-state index in [1.54, 1.807) is 13.0 Å². The molecule has 1 aliphatic rings. The van der Waals surface area contributed by atoms with Crippen LogP contribution in [0.4, 0.5) is 0 Å². The van der Waals surface area contributed by atoms with Gasteiger partial charge in [0, 0.05) is 0 Å². The van der Waals surface area contributed by atoms with Crippen LogP contribution in [0.2, 0.25) is 5.02 Å². The van der Waals surface area contributed by atoms with Crippen molar-refractivity contribution < 1.29 is 19.4 Å². The Bertz CT molecular complexity index is 475. The number of aliphatic carboxylic acids is 1. The number of benzene rings is 1. The Hall–Kier alpha value is -1.46. The third kappa shape index (κ3) is 2.03. The van der Waals surface area contributed by atoms with Crippen LogP contribution in [0.25, 0.3) is 0 Å². The summed E-state index contributed by atoms with van der Waals surface area (Å²) in [6, 6.07) is 0.456. The first-order chi connectivity index (χ1) is 8.02. The van der Waals surface area contributed by atoms with Gasteiger partial charge in [-0.05, 0) is 24.1 Å². The molecule has 0 amide bonds. The normalized spacial score (nSPS) is 15.5. The minimum absolute atomic E-state index is 0.355. The molecule has 0 spiro atoms. The number of carboxylic acids is 1. The molecular formula is C11H12ClNO4. The van der Waals surface area contributed by atoms with Crippen molar-refractivity contribution >= 4 is 17.6 Å². The Labute approximate surface area is 103 Å². The fourth-order valence-electron chi connectivity index (χ4n) is 1.71. The first kappa shape index (κ1) is 12.0. The first-order valence-electron chi connectivity index (χ1n) is 5.09. The maximum absolute atomic E-state index is 10.9. The lowest BCUT2D eigenvalue weighted by molar-refractivity contribution is -0.138. The van der Waals surface area contributed by atoms with E-state index < -0.39 is 12.0 Å². The summed E-state index contributed by atoms with van der Waals surface area (Å²) in [5.74, 6) is -0.212. The lowest BCUT2D eigenvalue weighted by Crippen LogP contribution is -2.23. The highest BCUT2D eigenvalue weighted by atomic mass is 35.5. The van der Waals surface area contributed by atoms with Gasteiger partial charge in [0.1, 0.15) is 19.3 Å². The Morgan fingerprint density at radius 2 is 2.18 bits per heavy atom. The van der Waals surface area contributed by atoms with Crippen molar-refractivity contribution in [1.29, 1.82) is 0 Å². The number of rotatable bonds is 2. The monoisotopic (exact) mass is 257 g/mol. The predicted molar refractivity (Wildman–Crippen MR) is 61.7 cm³/mol. The second-order valence-corrected chi connectivity index (χ2v) is 4.12. The molecule has 5 nitrogen and oxygen atoms in total. The maximum Gasteiger partial charge on any atom is 0.325 e. The van der Waals surface area contributed by atoms with Crippen molar-refractivity contribution in [3.63, 3.8) is 0 Å². The quantitative estimate of drug-likeness (QED) is 0.839. The van der Waals surface area contributed by atoms with E-state index in [0.717, 1.165) is 0 Å². The number of carboxylic acid groups (broad SMARTS) is 1. The van der Waals surface area contributed by atoms with E-state index in [2.05, 4.69) is 0 Å². The zero-order valence-electron chi connectivity index (χ0n) is 9.20. The van der Waals surface area contributed by atoms with Gasteiger partial charge in [-0.2, -0.15) is 0 Å². The molecule has 92 valence electrons. The van der Waals surface area contributed by atoms with Gasteiger partial charge in [0.15, 0.2) is 11.5 Å². The lowest BCUT2D eigenvalue weighted by atomic mass is 10.0. The van der Waals surface area contributed by atoms with Crippen molar-refractivity contribution in [3.8, 4) is 11.5 Å². The molecule has 6 heteroatoms. The summed E-state index contributed by atoms with van der Waals surface area (Å²) in [5, 5.41) is 9.27. The smallest absolute Gasteiger partial charge is 0.325 e. The molecule has 0 saturated carbocycles. The van der Waals surface area contributed by atoms with Crippen LogP contribution in [-0.4, -0.2) is 24.3 Å². The standard InChI is InChI=1S/C11H12ClNO4/c1-5-6(9(13)11(14)15)4-7-10(8(5)12)17-3-2-16-7/h4,9H,2-3,13H2,1H3,(H,14,15). The topological polar surface area (TPSA) is 81.8 Å². The maximum atomic E-state index is 10.9. The number of hydrogen-bond donors (Lipinski definition) is 2. The number of halogens is 1. The van der Waals surface area contributed by atoms with E-state index in [-0.39, 0.29) is 0 Å². The summed E-state index contributed by atoms with van der Waals surface area (Å²) in [6.07, 6.45) is 0. The third-order valence-electron chi connectivity index (χ3n) is 2.66. The number of fused-ring (bicyclic) bond motifs is 1. The van der Waals surface area contributed by atoms with Gasteiger partial charge in [0.25, 0.3) is 0 Å². The van der Waals surface area contributed by atoms with Gasteiger partial charge in [0.05, 0.1) is 5.02 Å². The Kier molecular flexibility index (Phi) is 3.13. The van der Waals surface area contributed by atoms with Gasteiger partial charge in [-0.25, -0.2) is 0 Å². The molecule has 0 saturated heterocycles. The molecule has 0 fully saturated rings. The molecule has 17 heavy (non-hydrogen) atoms. The second kappa shape index (κ2) is 4.43. The largest absolute Gasteiger partial charge is 0.486 e. The Balaban J connectivity index is 2.55. The van der Waals surface area contributed by atoms with Crippen molar-refractivity contribution in [3.05, 3.63) is 22.2 Å². The lowest BCUT2D eigenvalue weighted by Gasteiger charge is -2.23. The highest BCUT2D eigenvalue weighted by Crippen LogP contribution is 2.42. The molecular weight excluding hydrogens is 246 g/mol. The van der Waals surface area contributed by atoms with Crippen LogP contribution in [0, 0.1) is 6.92 Å². The van der Waals surface area contributed by atoms with Gasteiger partial charge < -0.3 is 20.3 Å². The van der Waals surface area contributed by atoms with Crippen molar-refractivity contribution in [2.24, 2.45) is 5.73 Å². The highest BCUT2D eigenvalue weighted by molar-refractivity contribution is 6.33. The molecule has 0 radical (unpaired) electrons. The van der Waals surface area contributed by atoms with Crippen LogP contribution in [-0.2, 0) is 4.79 Å². The Morgan fingerprint density at radius 1 is 1.53 bits per heavy atom. The molecule has 0 aromatic heterocycles. The van der Waals surface area contributed by atoms with E-state index >= 15 is 0 Å². The molecule has 1 unspecified atom stereocenters. The second-order valence-electron chi connectivity index (χ2n) is 3.74. The summed E-state index contributed by atoms with van der Waals surface area (Å²) in [5.41, 5.74) is 6.63. The third-order valence-corrected chi connectivity index (χ3v) is 3.12. The molecule has 1 heterocycles. The van der Waals surface area contributed by atoms with Crippen LogP contribution in [0.5, 0.6) is 11.5 Å². The number of nitrogens with two attached hydrogens (primary N) is 1. The van der Waals surface area contributed by atoms with E-state index in [4.69, 9.17) is 31.9 Å². The minimum atomic E-state index is -1.12. The molecule has 1 aliphatic heterocycles. The van der Waals surface area contributed by atoms with Crippen LogP contribution in [0.15, 0.2) is 6.07 Å². The van der Waals surface area contributed by atoms with E-state index in [1.165, 1.54) is 0 Å². The van der Waals surface area contributed by atoms with Crippen LogP contribution in [0.3, 0.4) is 0 Å². The Morgan fingerprint density at radius 3 is 2.82 bits per heavy atom. The van der Waals surface area contributed by atoms with E-state index in [0.29, 0.717) is 40.9 Å². The molecule has 0 aliphatic carbocycles. The van der Waals surface area contributed by atoms with Gasteiger partial charge in [-0.1, -0.05) is 11.6 Å². The molecule has 3 N–H and O–H groups in total. The first-order valence-corrected chi connectivity index (χ1v) is 5.47. The predicted octanol–water partition coefficient (Wildman–Crippen LogP) is 1.50. The van der Waals surface area contributed by atoms with E-state index in [1.807, 2.05) is 0 Å². The molecule has 0 bridgehead atoms. The summed E-state index contributed by atoms with van der Waals surface area (Å²) in [4.78, 5) is 10.9. The average Bonchev–Trinajstić information content (AvgIpc) is 2.33. The fraction of sp³-hybridized carbons (Fsp3) is 0.364.